The molecule has 2 aromatic rings. The number of methoxy groups -OCH3 is 1. The number of para-hydroxylation sites is 1. The van der Waals surface area contributed by atoms with Gasteiger partial charge in [-0.25, -0.2) is 0 Å². The largest absolute Gasteiger partial charge is 0.497 e. The van der Waals surface area contributed by atoms with E-state index in [2.05, 4.69) is 30.3 Å². The van der Waals surface area contributed by atoms with Crippen LogP contribution in [-0.4, -0.2) is 13.7 Å². The minimum Gasteiger partial charge on any atom is -0.497 e. The molecule has 92 valence electrons. The minimum atomic E-state index is 0.142. The maximum absolute atomic E-state index is 6.22. The van der Waals surface area contributed by atoms with E-state index in [0.717, 1.165) is 12.1 Å². The van der Waals surface area contributed by atoms with Gasteiger partial charge in [0.25, 0.3) is 6.57 Å². The van der Waals surface area contributed by atoms with Crippen LogP contribution >= 0.6 is 8.46 Å². The predicted molar refractivity (Wildman–Crippen MR) is 81.0 cm³/mol. The lowest BCUT2D eigenvalue weighted by Gasteiger charge is -2.11. The normalized spacial score (nSPS) is 10.8. The Hall–Kier alpha value is -1.31. The third-order valence-corrected chi connectivity index (χ3v) is 4.00. The molecule has 0 bridgehead atoms. The van der Waals surface area contributed by atoms with E-state index in [1.165, 1.54) is 10.9 Å². The molecule has 0 aliphatic rings. The number of rotatable bonds is 5. The quantitative estimate of drug-likeness (QED) is 0.658. The van der Waals surface area contributed by atoms with Crippen molar-refractivity contribution >= 4 is 20.3 Å². The summed E-state index contributed by atoms with van der Waals surface area (Å²) in [7, 11) is 2.32. The summed E-state index contributed by atoms with van der Waals surface area (Å²) in [5, 5.41) is 1.31. The summed E-state index contributed by atoms with van der Waals surface area (Å²) in [6.07, 6.45) is 0.845. The number of hydrogen-bond acceptors (Lipinski definition) is 2. The fraction of sp³-hybridized carbons (Fsp3) is 0.143. The molecule has 0 aliphatic carbocycles. The number of nitrogens with two attached hydrogens (primary N) is 1. The first-order valence-corrected chi connectivity index (χ1v) is 7.06. The van der Waals surface area contributed by atoms with Crippen molar-refractivity contribution in [2.24, 2.45) is 5.64 Å². The molecule has 2 rings (SSSR count). The molecule has 0 radical (unpaired) electrons. The van der Waals surface area contributed by atoms with Crippen LogP contribution < -0.4 is 15.7 Å². The molecule has 0 spiro atoms. The first-order valence-electron chi connectivity index (χ1n) is 5.98. The first-order chi connectivity index (χ1) is 8.79. The van der Waals surface area contributed by atoms with E-state index in [4.69, 9.17) is 10.4 Å². The summed E-state index contributed by atoms with van der Waals surface area (Å²) in [5.41, 5.74) is 7.39. The smallest absolute Gasteiger partial charge is 0.253 e. The van der Waals surface area contributed by atoms with Gasteiger partial charge < -0.3 is 10.4 Å². The van der Waals surface area contributed by atoms with Gasteiger partial charge in [-0.1, -0.05) is 48.5 Å². The van der Waals surface area contributed by atoms with E-state index in [1.807, 2.05) is 24.3 Å². The average molecular weight is 257 g/mol. The summed E-state index contributed by atoms with van der Waals surface area (Å²) in [6.45, 7) is 0.142. The van der Waals surface area contributed by atoms with Crippen molar-refractivity contribution in [2.75, 3.05) is 7.11 Å². The van der Waals surface area contributed by atoms with Crippen LogP contribution in [0.2, 0.25) is 0 Å². The van der Waals surface area contributed by atoms with Crippen molar-refractivity contribution in [1.29, 1.82) is 0 Å². The monoisotopic (exact) mass is 257 g/mol. The van der Waals surface area contributed by atoms with Crippen LogP contribution in [0.3, 0.4) is 0 Å². The Bertz CT molecular complexity index is 492. The first kappa shape index (κ1) is 13.1. The Labute approximate surface area is 110 Å². The van der Waals surface area contributed by atoms with E-state index in [-0.39, 0.29) is 6.57 Å². The molecule has 1 atom stereocenters. The SMILES string of the molecule is COc1ccccc1CB(N)Pc1ccccc1. The highest BCUT2D eigenvalue weighted by molar-refractivity contribution is 7.81. The Morgan fingerprint density at radius 3 is 2.44 bits per heavy atom. The Balaban J connectivity index is 2.01. The van der Waals surface area contributed by atoms with Crippen molar-refractivity contribution in [3.8, 4) is 5.75 Å². The van der Waals surface area contributed by atoms with Gasteiger partial charge in [0, 0.05) is 0 Å². The third kappa shape index (κ3) is 3.59. The van der Waals surface area contributed by atoms with Crippen LogP contribution in [0.1, 0.15) is 5.56 Å². The van der Waals surface area contributed by atoms with E-state index in [0.29, 0.717) is 8.46 Å². The van der Waals surface area contributed by atoms with Crippen molar-refractivity contribution < 1.29 is 4.74 Å². The van der Waals surface area contributed by atoms with Gasteiger partial charge >= 0.3 is 0 Å². The van der Waals surface area contributed by atoms with Crippen LogP contribution in [0.5, 0.6) is 5.75 Å². The van der Waals surface area contributed by atoms with E-state index >= 15 is 0 Å². The van der Waals surface area contributed by atoms with Gasteiger partial charge in [0.2, 0.25) is 0 Å². The van der Waals surface area contributed by atoms with E-state index < -0.39 is 0 Å². The second-order valence-corrected chi connectivity index (χ2v) is 5.74. The summed E-state index contributed by atoms with van der Waals surface area (Å²) < 4.78 is 5.34. The Morgan fingerprint density at radius 1 is 1.06 bits per heavy atom. The number of ether oxygens (including phenoxy) is 1. The summed E-state index contributed by atoms with van der Waals surface area (Å²) in [5.74, 6) is 0.922. The molecule has 18 heavy (non-hydrogen) atoms. The second-order valence-electron chi connectivity index (χ2n) is 4.13. The topological polar surface area (TPSA) is 35.2 Å². The fourth-order valence-corrected chi connectivity index (χ4v) is 3.04. The van der Waals surface area contributed by atoms with Crippen LogP contribution in [0.25, 0.3) is 0 Å². The molecule has 0 aliphatic heterocycles. The third-order valence-electron chi connectivity index (χ3n) is 2.76. The standard InChI is InChI=1S/C14H17BNOP/c1-17-14-10-6-5-7-12(14)11-15(16)18-13-8-3-2-4-9-13/h2-10,18H,11,16H2,1H3. The maximum atomic E-state index is 6.22. The molecule has 2 aromatic carbocycles. The van der Waals surface area contributed by atoms with E-state index in [9.17, 15) is 0 Å². The van der Waals surface area contributed by atoms with Gasteiger partial charge in [0.15, 0.2) is 0 Å². The molecule has 1 unspecified atom stereocenters. The summed E-state index contributed by atoms with van der Waals surface area (Å²) >= 11 is 0. The lowest BCUT2D eigenvalue weighted by molar-refractivity contribution is 0.411. The van der Waals surface area contributed by atoms with Crippen molar-refractivity contribution in [3.63, 3.8) is 0 Å². The fourth-order valence-electron chi connectivity index (χ4n) is 1.91. The highest BCUT2D eigenvalue weighted by Gasteiger charge is 2.12. The van der Waals surface area contributed by atoms with Gasteiger partial charge in [-0.2, -0.15) is 0 Å². The molecule has 2 N–H and O–H groups in total. The van der Waals surface area contributed by atoms with Gasteiger partial charge in [0.05, 0.1) is 7.11 Å². The molecular formula is C14H17BNOP. The van der Waals surface area contributed by atoms with Gasteiger partial charge in [-0.15, -0.1) is 8.46 Å². The minimum absolute atomic E-state index is 0.142. The van der Waals surface area contributed by atoms with Crippen LogP contribution in [-0.2, 0) is 6.32 Å². The average Bonchev–Trinajstić information content (AvgIpc) is 2.40. The highest BCUT2D eigenvalue weighted by Crippen LogP contribution is 2.22. The van der Waals surface area contributed by atoms with Gasteiger partial charge in [0.1, 0.15) is 5.75 Å². The van der Waals surface area contributed by atoms with Crippen molar-refractivity contribution in [2.45, 2.75) is 6.32 Å². The number of benzene rings is 2. The Kier molecular flexibility index (Phi) is 4.80. The molecule has 2 nitrogen and oxygen atoms in total. The molecule has 0 saturated heterocycles. The molecular weight excluding hydrogens is 240 g/mol. The molecule has 0 fully saturated rings. The number of hydrogen-bond donors (Lipinski definition) is 1. The zero-order valence-corrected chi connectivity index (χ0v) is 11.5. The van der Waals surface area contributed by atoms with Gasteiger partial charge in [-0.05, 0) is 23.3 Å². The lowest BCUT2D eigenvalue weighted by Crippen LogP contribution is -2.26. The lowest BCUT2D eigenvalue weighted by atomic mass is 9.83. The van der Waals surface area contributed by atoms with Crippen molar-refractivity contribution in [1.82, 2.24) is 0 Å². The zero-order valence-electron chi connectivity index (χ0n) is 10.5. The summed E-state index contributed by atoms with van der Waals surface area (Å²) in [6, 6.07) is 18.4. The molecule has 0 saturated carbocycles. The van der Waals surface area contributed by atoms with Crippen molar-refractivity contribution in [3.05, 3.63) is 60.2 Å². The predicted octanol–water partition coefficient (Wildman–Crippen LogP) is 2.23. The summed E-state index contributed by atoms with van der Waals surface area (Å²) in [4.78, 5) is 0. The van der Waals surface area contributed by atoms with Crippen LogP contribution in [0, 0.1) is 0 Å². The van der Waals surface area contributed by atoms with Gasteiger partial charge in [-0.3, -0.25) is 0 Å². The zero-order chi connectivity index (χ0) is 12.8. The molecule has 0 aromatic heterocycles. The molecule has 4 heteroatoms. The Morgan fingerprint density at radius 2 is 1.72 bits per heavy atom. The van der Waals surface area contributed by atoms with E-state index in [1.54, 1.807) is 7.11 Å². The molecule has 0 heterocycles. The van der Waals surface area contributed by atoms with Crippen LogP contribution in [0.15, 0.2) is 54.6 Å². The van der Waals surface area contributed by atoms with Crippen LogP contribution in [0.4, 0.5) is 0 Å². The maximum Gasteiger partial charge on any atom is 0.253 e. The highest BCUT2D eigenvalue weighted by atomic mass is 31.1. The molecule has 0 amide bonds. The second kappa shape index (κ2) is 6.58.